The van der Waals surface area contributed by atoms with E-state index in [0.717, 1.165) is 57.2 Å². The first-order valence-corrected chi connectivity index (χ1v) is 8.36. The number of rotatable bonds is 6. The predicted molar refractivity (Wildman–Crippen MR) is 106 cm³/mol. The zero-order valence-electron chi connectivity index (χ0n) is 14.3. The molecule has 24 heavy (non-hydrogen) atoms. The van der Waals surface area contributed by atoms with E-state index in [4.69, 9.17) is 0 Å². The van der Waals surface area contributed by atoms with E-state index < -0.39 is 11.6 Å². The molecule has 1 atom stereocenters. The van der Waals surface area contributed by atoms with Crippen molar-refractivity contribution in [3.8, 4) is 0 Å². The number of guanidine groups is 1. The number of anilines is 1. The first kappa shape index (κ1) is 20.9. The highest BCUT2D eigenvalue weighted by atomic mass is 127. The fourth-order valence-corrected chi connectivity index (χ4v) is 2.70. The lowest BCUT2D eigenvalue weighted by atomic mass is 10.1. The average molecular weight is 452 g/mol. The van der Waals surface area contributed by atoms with Crippen molar-refractivity contribution in [3.05, 3.63) is 29.8 Å². The van der Waals surface area contributed by atoms with Gasteiger partial charge in [0, 0.05) is 44.5 Å². The molecule has 1 saturated heterocycles. The molecule has 4 nitrogen and oxygen atoms in total. The summed E-state index contributed by atoms with van der Waals surface area (Å²) < 4.78 is 26.4. The summed E-state index contributed by atoms with van der Waals surface area (Å²) in [5, 5.41) is 6.52. The number of halogens is 3. The second kappa shape index (κ2) is 10.7. The molecule has 1 fully saturated rings. The van der Waals surface area contributed by atoms with E-state index in [9.17, 15) is 8.78 Å². The van der Waals surface area contributed by atoms with Gasteiger partial charge in [0.25, 0.3) is 0 Å². The number of nitrogens with zero attached hydrogens (tertiary/aromatic N) is 2. The van der Waals surface area contributed by atoms with Crippen molar-refractivity contribution < 1.29 is 8.78 Å². The Bertz CT molecular complexity index is 539. The van der Waals surface area contributed by atoms with Crippen LogP contribution < -0.4 is 15.5 Å². The second-order valence-corrected chi connectivity index (χ2v) is 5.85. The molecule has 0 saturated carbocycles. The Kier molecular flexibility index (Phi) is 9.31. The second-order valence-electron chi connectivity index (χ2n) is 5.85. The molecular formula is C17H27F2IN4. The highest BCUT2D eigenvalue weighted by Gasteiger charge is 2.23. The summed E-state index contributed by atoms with van der Waals surface area (Å²) in [6.07, 6.45) is 2.06. The van der Waals surface area contributed by atoms with Crippen molar-refractivity contribution >= 4 is 35.6 Å². The minimum atomic E-state index is -0.800. The lowest BCUT2D eigenvalue weighted by Gasteiger charge is -2.18. The lowest BCUT2D eigenvalue weighted by molar-refractivity contribution is 0.508. The molecule has 0 amide bonds. The van der Waals surface area contributed by atoms with Crippen LogP contribution in [0.15, 0.2) is 23.2 Å². The molecule has 1 aromatic rings. The number of nitrogens with one attached hydrogen (secondary N) is 2. The van der Waals surface area contributed by atoms with Gasteiger partial charge in [-0.15, -0.1) is 24.0 Å². The van der Waals surface area contributed by atoms with E-state index in [0.29, 0.717) is 5.92 Å². The summed E-state index contributed by atoms with van der Waals surface area (Å²) in [6.45, 7) is 8.31. The van der Waals surface area contributed by atoms with Crippen LogP contribution >= 0.6 is 24.0 Å². The van der Waals surface area contributed by atoms with Crippen molar-refractivity contribution in [1.29, 1.82) is 0 Å². The van der Waals surface area contributed by atoms with Crippen molar-refractivity contribution in [2.45, 2.75) is 26.7 Å². The van der Waals surface area contributed by atoms with Gasteiger partial charge < -0.3 is 15.5 Å². The van der Waals surface area contributed by atoms with E-state index in [-0.39, 0.29) is 24.0 Å². The Morgan fingerprint density at radius 1 is 1.25 bits per heavy atom. The number of benzene rings is 1. The molecule has 1 aliphatic heterocycles. The van der Waals surface area contributed by atoms with Gasteiger partial charge in [-0.3, -0.25) is 4.99 Å². The molecule has 0 aliphatic carbocycles. The molecule has 1 heterocycles. The molecule has 2 N–H and O–H groups in total. The van der Waals surface area contributed by atoms with Gasteiger partial charge >= 0.3 is 0 Å². The zero-order chi connectivity index (χ0) is 16.7. The molecule has 1 aliphatic rings. The normalized spacial score (nSPS) is 17.6. The average Bonchev–Trinajstić information content (AvgIpc) is 3.01. The van der Waals surface area contributed by atoms with Crippen molar-refractivity contribution in [2.24, 2.45) is 10.9 Å². The number of aliphatic imine (C=N–C) groups is 1. The van der Waals surface area contributed by atoms with Gasteiger partial charge in [0.05, 0.1) is 0 Å². The zero-order valence-corrected chi connectivity index (χ0v) is 16.6. The van der Waals surface area contributed by atoms with Gasteiger partial charge in [0.15, 0.2) is 17.6 Å². The molecular weight excluding hydrogens is 425 g/mol. The van der Waals surface area contributed by atoms with Crippen molar-refractivity contribution in [3.63, 3.8) is 0 Å². The Balaban J connectivity index is 0.00000288. The third kappa shape index (κ3) is 6.07. The third-order valence-electron chi connectivity index (χ3n) is 3.95. The Hall–Kier alpha value is -1.12. The van der Waals surface area contributed by atoms with E-state index in [1.54, 1.807) is 6.07 Å². The summed E-state index contributed by atoms with van der Waals surface area (Å²) in [6, 6.07) is 4.10. The molecule has 1 aromatic carbocycles. The topological polar surface area (TPSA) is 39.7 Å². The molecule has 136 valence electrons. The maximum atomic E-state index is 13.3. The maximum absolute atomic E-state index is 13.3. The van der Waals surface area contributed by atoms with Gasteiger partial charge in [-0.05, 0) is 37.8 Å². The maximum Gasteiger partial charge on any atom is 0.191 e. The van der Waals surface area contributed by atoms with Crippen LogP contribution in [-0.4, -0.2) is 38.7 Å². The van der Waals surface area contributed by atoms with Crippen LogP contribution in [0.1, 0.15) is 26.7 Å². The largest absolute Gasteiger partial charge is 0.371 e. The summed E-state index contributed by atoms with van der Waals surface area (Å²) >= 11 is 0. The molecule has 0 radical (unpaired) electrons. The smallest absolute Gasteiger partial charge is 0.191 e. The fourth-order valence-electron chi connectivity index (χ4n) is 2.70. The van der Waals surface area contributed by atoms with Gasteiger partial charge in [-0.25, -0.2) is 8.78 Å². The van der Waals surface area contributed by atoms with Gasteiger partial charge in [-0.2, -0.15) is 0 Å². The SMILES string of the molecule is CCCNC(=NCC1CCN(c2ccc(F)c(F)c2)C1)NCC.I. The van der Waals surface area contributed by atoms with Gasteiger partial charge in [-0.1, -0.05) is 6.92 Å². The van der Waals surface area contributed by atoms with E-state index >= 15 is 0 Å². The van der Waals surface area contributed by atoms with Crippen LogP contribution in [0, 0.1) is 17.6 Å². The Morgan fingerprint density at radius 2 is 2.04 bits per heavy atom. The van der Waals surface area contributed by atoms with Crippen molar-refractivity contribution in [1.82, 2.24) is 10.6 Å². The summed E-state index contributed by atoms with van der Waals surface area (Å²) in [7, 11) is 0. The number of hydrogen-bond acceptors (Lipinski definition) is 2. The predicted octanol–water partition coefficient (Wildman–Crippen LogP) is 3.37. The summed E-state index contributed by atoms with van der Waals surface area (Å²) in [4.78, 5) is 6.72. The van der Waals surface area contributed by atoms with Crippen LogP contribution in [0.25, 0.3) is 0 Å². The summed E-state index contributed by atoms with van der Waals surface area (Å²) in [5.41, 5.74) is 0.742. The van der Waals surface area contributed by atoms with Crippen molar-refractivity contribution in [2.75, 3.05) is 37.6 Å². The van der Waals surface area contributed by atoms with Crippen LogP contribution in [-0.2, 0) is 0 Å². The van der Waals surface area contributed by atoms with Crippen LogP contribution in [0.3, 0.4) is 0 Å². The number of hydrogen-bond donors (Lipinski definition) is 2. The fraction of sp³-hybridized carbons (Fsp3) is 0.588. The molecule has 2 rings (SSSR count). The Morgan fingerprint density at radius 3 is 2.71 bits per heavy atom. The molecule has 0 aromatic heterocycles. The monoisotopic (exact) mass is 452 g/mol. The molecule has 7 heteroatoms. The lowest BCUT2D eigenvalue weighted by Crippen LogP contribution is -2.38. The van der Waals surface area contributed by atoms with Gasteiger partial charge in [0.2, 0.25) is 0 Å². The minimum Gasteiger partial charge on any atom is -0.371 e. The quantitative estimate of drug-likeness (QED) is 0.395. The summed E-state index contributed by atoms with van der Waals surface area (Å²) in [5.74, 6) is -0.311. The van der Waals surface area contributed by atoms with E-state index in [1.165, 1.54) is 12.1 Å². The molecule has 0 spiro atoms. The third-order valence-corrected chi connectivity index (χ3v) is 3.95. The highest BCUT2D eigenvalue weighted by molar-refractivity contribution is 14.0. The first-order valence-electron chi connectivity index (χ1n) is 8.36. The highest BCUT2D eigenvalue weighted by Crippen LogP contribution is 2.25. The van der Waals surface area contributed by atoms with Crippen LogP contribution in [0.4, 0.5) is 14.5 Å². The van der Waals surface area contributed by atoms with Gasteiger partial charge in [0.1, 0.15) is 0 Å². The minimum absolute atomic E-state index is 0. The molecule has 1 unspecified atom stereocenters. The van der Waals surface area contributed by atoms with Crippen LogP contribution in [0.2, 0.25) is 0 Å². The van der Waals surface area contributed by atoms with E-state index in [2.05, 4.69) is 27.4 Å². The Labute approximate surface area is 160 Å². The van der Waals surface area contributed by atoms with Crippen LogP contribution in [0.5, 0.6) is 0 Å². The van der Waals surface area contributed by atoms with E-state index in [1.807, 2.05) is 6.92 Å². The molecule has 0 bridgehead atoms. The first-order chi connectivity index (χ1) is 11.1. The standard InChI is InChI=1S/C17H26F2N4.HI/c1-3-8-21-17(20-4-2)22-11-13-7-9-23(12-13)14-5-6-15(18)16(19)10-14;/h5-6,10,13H,3-4,7-9,11-12H2,1-2H3,(H2,20,21,22);1H.